The average Bonchev–Trinajstić information content (AvgIpc) is 2.59. The summed E-state index contributed by atoms with van der Waals surface area (Å²) in [5.74, 6) is 0.698. The van der Waals surface area contributed by atoms with E-state index in [0.717, 1.165) is 13.1 Å². The molecule has 1 saturated heterocycles. The van der Waals surface area contributed by atoms with Crippen molar-refractivity contribution in [1.82, 2.24) is 4.90 Å². The lowest BCUT2D eigenvalue weighted by Gasteiger charge is -2.26. The highest BCUT2D eigenvalue weighted by Crippen LogP contribution is 2.38. The number of morpholine rings is 1. The zero-order chi connectivity index (χ0) is 16.2. The van der Waals surface area contributed by atoms with Gasteiger partial charge in [-0.1, -0.05) is 0 Å². The van der Waals surface area contributed by atoms with Gasteiger partial charge < -0.3 is 19.5 Å². The van der Waals surface area contributed by atoms with Gasteiger partial charge in [0.25, 0.3) is 5.91 Å². The highest BCUT2D eigenvalue weighted by atomic mass is 16.5. The minimum absolute atomic E-state index is 0.0115. The zero-order valence-electron chi connectivity index (χ0n) is 13.1. The molecule has 7 nitrogen and oxygen atoms in total. The molecule has 1 aromatic rings. The molecule has 2 aliphatic heterocycles. The molecule has 0 atom stereocenters. The summed E-state index contributed by atoms with van der Waals surface area (Å²) in [5, 5.41) is 2.71. The third-order valence-electron chi connectivity index (χ3n) is 3.98. The fourth-order valence-electron chi connectivity index (χ4n) is 2.71. The summed E-state index contributed by atoms with van der Waals surface area (Å²) in [7, 11) is 1.51. The molecule has 0 aliphatic carbocycles. The first kappa shape index (κ1) is 15.8. The molecule has 1 aromatic carbocycles. The van der Waals surface area contributed by atoms with Crippen LogP contribution in [0.1, 0.15) is 16.8 Å². The van der Waals surface area contributed by atoms with Gasteiger partial charge in [0, 0.05) is 31.6 Å². The van der Waals surface area contributed by atoms with Crippen LogP contribution in [0.3, 0.4) is 0 Å². The number of carbonyl (C=O) groups is 2. The van der Waals surface area contributed by atoms with Gasteiger partial charge in [-0.15, -0.1) is 0 Å². The Hall–Kier alpha value is -2.12. The number of ketones is 1. The third kappa shape index (κ3) is 3.62. The van der Waals surface area contributed by atoms with Gasteiger partial charge >= 0.3 is 0 Å². The smallest absolute Gasteiger partial charge is 0.262 e. The van der Waals surface area contributed by atoms with Crippen molar-refractivity contribution < 1.29 is 23.8 Å². The number of benzene rings is 1. The van der Waals surface area contributed by atoms with Gasteiger partial charge in [-0.2, -0.15) is 0 Å². The second kappa shape index (κ2) is 6.97. The van der Waals surface area contributed by atoms with Crippen LogP contribution in [0.15, 0.2) is 12.1 Å². The van der Waals surface area contributed by atoms with E-state index in [1.807, 2.05) is 0 Å². The number of amides is 1. The summed E-state index contributed by atoms with van der Waals surface area (Å²) in [6, 6.07) is 3.31. The van der Waals surface area contributed by atoms with Crippen molar-refractivity contribution >= 4 is 17.4 Å². The number of nitrogens with zero attached hydrogens (tertiary/aromatic N) is 1. The number of hydrogen-bond donors (Lipinski definition) is 1. The van der Waals surface area contributed by atoms with Crippen molar-refractivity contribution in [3.8, 4) is 11.5 Å². The number of ether oxygens (including phenoxy) is 3. The molecule has 0 spiro atoms. The number of methoxy groups -OCH3 is 1. The fraction of sp³-hybridized carbons (Fsp3) is 0.500. The number of nitrogens with one attached hydrogen (secondary N) is 1. The maximum absolute atomic E-state index is 12.5. The highest BCUT2D eigenvalue weighted by molar-refractivity contribution is 6.01. The largest absolute Gasteiger partial charge is 0.493 e. The zero-order valence-corrected chi connectivity index (χ0v) is 13.1. The van der Waals surface area contributed by atoms with E-state index in [1.165, 1.54) is 7.11 Å². The second-order valence-electron chi connectivity index (χ2n) is 5.52. The number of rotatable bonds is 5. The Morgan fingerprint density at radius 3 is 2.87 bits per heavy atom. The van der Waals surface area contributed by atoms with Crippen LogP contribution < -0.4 is 14.8 Å². The first-order valence-electron chi connectivity index (χ1n) is 7.65. The Morgan fingerprint density at radius 1 is 1.35 bits per heavy atom. The van der Waals surface area contributed by atoms with Crippen LogP contribution in [0.25, 0.3) is 0 Å². The lowest BCUT2D eigenvalue weighted by atomic mass is 10.1. The van der Waals surface area contributed by atoms with Gasteiger partial charge in [-0.05, 0) is 12.1 Å². The predicted octanol–water partition coefficient (Wildman–Crippen LogP) is 0.931. The van der Waals surface area contributed by atoms with E-state index in [0.29, 0.717) is 48.9 Å². The maximum atomic E-state index is 12.5. The summed E-state index contributed by atoms with van der Waals surface area (Å²) in [4.78, 5) is 26.1. The molecular weight excluding hydrogens is 300 g/mol. The van der Waals surface area contributed by atoms with Crippen molar-refractivity contribution in [3.05, 3.63) is 17.7 Å². The number of hydrogen-bond acceptors (Lipinski definition) is 6. The maximum Gasteiger partial charge on any atom is 0.262 e. The molecule has 1 fully saturated rings. The van der Waals surface area contributed by atoms with Gasteiger partial charge in [0.1, 0.15) is 0 Å². The summed E-state index contributed by atoms with van der Waals surface area (Å²) in [6.07, 6.45) is 0.413. The van der Waals surface area contributed by atoms with Crippen LogP contribution in [-0.2, 0) is 9.53 Å². The summed E-state index contributed by atoms with van der Waals surface area (Å²) < 4.78 is 16.0. The Kier molecular flexibility index (Phi) is 4.78. The average molecular weight is 320 g/mol. The molecule has 0 aromatic heterocycles. The molecule has 0 unspecified atom stereocenters. The molecule has 1 amide bonds. The van der Waals surface area contributed by atoms with Crippen LogP contribution in [0.5, 0.6) is 11.5 Å². The van der Waals surface area contributed by atoms with E-state index >= 15 is 0 Å². The number of carbonyl (C=O) groups excluding carboxylic acids is 2. The van der Waals surface area contributed by atoms with E-state index < -0.39 is 0 Å². The quantitative estimate of drug-likeness (QED) is 0.813. The minimum atomic E-state index is -0.238. The minimum Gasteiger partial charge on any atom is -0.493 e. The van der Waals surface area contributed by atoms with Gasteiger partial charge in [-0.3, -0.25) is 14.5 Å². The van der Waals surface area contributed by atoms with Gasteiger partial charge in [-0.25, -0.2) is 0 Å². The van der Waals surface area contributed by atoms with Crippen LogP contribution >= 0.6 is 0 Å². The molecule has 23 heavy (non-hydrogen) atoms. The first-order chi connectivity index (χ1) is 11.2. The van der Waals surface area contributed by atoms with Crippen LogP contribution in [0, 0.1) is 0 Å². The third-order valence-corrected chi connectivity index (χ3v) is 3.98. The predicted molar refractivity (Wildman–Crippen MR) is 83.3 cm³/mol. The van der Waals surface area contributed by atoms with Crippen molar-refractivity contribution in [1.29, 1.82) is 0 Å². The molecule has 124 valence electrons. The van der Waals surface area contributed by atoms with Crippen molar-refractivity contribution in [3.63, 3.8) is 0 Å². The summed E-state index contributed by atoms with van der Waals surface area (Å²) >= 11 is 0. The Bertz CT molecular complexity index is 611. The Labute approximate surface area is 134 Å². The summed E-state index contributed by atoms with van der Waals surface area (Å²) in [5.41, 5.74) is 0.995. The van der Waals surface area contributed by atoms with Crippen LogP contribution in [-0.4, -0.2) is 63.2 Å². The Morgan fingerprint density at radius 2 is 2.13 bits per heavy atom. The van der Waals surface area contributed by atoms with Crippen LogP contribution in [0.4, 0.5) is 5.69 Å². The molecule has 0 bridgehead atoms. The molecule has 2 aliphatic rings. The lowest BCUT2D eigenvalue weighted by Crippen LogP contribution is -2.37. The highest BCUT2D eigenvalue weighted by Gasteiger charge is 2.23. The van der Waals surface area contributed by atoms with E-state index in [2.05, 4.69) is 10.2 Å². The monoisotopic (exact) mass is 320 g/mol. The first-order valence-corrected chi connectivity index (χ1v) is 7.65. The normalized spacial score (nSPS) is 17.9. The van der Waals surface area contributed by atoms with Crippen molar-refractivity contribution in [2.45, 2.75) is 6.42 Å². The molecular formula is C16H20N2O5. The topological polar surface area (TPSA) is 77.1 Å². The van der Waals surface area contributed by atoms with Gasteiger partial charge in [0.2, 0.25) is 0 Å². The molecule has 1 N–H and O–H groups in total. The molecule has 3 rings (SSSR count). The number of Topliss-reactive ketones (excluding diaryl/α,β-unsaturated/α-hetero) is 1. The number of anilines is 1. The fourth-order valence-corrected chi connectivity index (χ4v) is 2.71. The lowest BCUT2D eigenvalue weighted by molar-refractivity contribution is -0.118. The second-order valence-corrected chi connectivity index (χ2v) is 5.52. The molecule has 0 radical (unpaired) electrons. The van der Waals surface area contributed by atoms with Gasteiger partial charge in [0.05, 0.1) is 26.0 Å². The Balaban J connectivity index is 1.72. The molecule has 2 heterocycles. The van der Waals surface area contributed by atoms with E-state index in [-0.39, 0.29) is 18.3 Å². The number of fused-ring (bicyclic) bond motifs is 1. The van der Waals surface area contributed by atoms with Crippen LogP contribution in [0.2, 0.25) is 0 Å². The van der Waals surface area contributed by atoms with E-state index in [1.54, 1.807) is 12.1 Å². The van der Waals surface area contributed by atoms with E-state index in [4.69, 9.17) is 14.2 Å². The van der Waals surface area contributed by atoms with E-state index in [9.17, 15) is 9.59 Å². The SMILES string of the molecule is COc1cc(C(=O)CCN2CCOCC2)cc2c1OCC(=O)N2. The molecule has 0 saturated carbocycles. The summed E-state index contributed by atoms with van der Waals surface area (Å²) in [6.45, 7) is 3.78. The van der Waals surface area contributed by atoms with Crippen molar-refractivity contribution in [2.24, 2.45) is 0 Å². The molecule has 7 heteroatoms. The van der Waals surface area contributed by atoms with Gasteiger partial charge in [0.15, 0.2) is 23.9 Å². The standard InChI is InChI=1S/C16H20N2O5/c1-21-14-9-11(8-12-16(14)23-10-15(20)17-12)13(19)2-3-18-4-6-22-7-5-18/h8-9H,2-7,10H2,1H3,(H,17,20). The van der Waals surface area contributed by atoms with Crippen molar-refractivity contribution in [2.75, 3.05) is 51.9 Å².